The van der Waals surface area contributed by atoms with Gasteiger partial charge >= 0.3 is 0 Å². The minimum absolute atomic E-state index is 0.602. The molecule has 1 unspecified atom stereocenters. The van der Waals surface area contributed by atoms with Crippen LogP contribution < -0.4 is 5.73 Å². The van der Waals surface area contributed by atoms with Crippen LogP contribution >= 0.6 is 0 Å². The van der Waals surface area contributed by atoms with Crippen molar-refractivity contribution in [1.29, 1.82) is 0 Å². The second-order valence-corrected chi connectivity index (χ2v) is 4.49. The van der Waals surface area contributed by atoms with Gasteiger partial charge in [0.25, 0.3) is 0 Å². The van der Waals surface area contributed by atoms with E-state index in [-0.39, 0.29) is 0 Å². The van der Waals surface area contributed by atoms with Crippen molar-refractivity contribution in [3.8, 4) is 0 Å². The second-order valence-electron chi connectivity index (χ2n) is 4.49. The zero-order valence-electron chi connectivity index (χ0n) is 9.45. The molecule has 82 valence electrons. The molecule has 2 N–H and O–H groups in total. The van der Waals surface area contributed by atoms with Crippen LogP contribution in [0, 0.1) is 6.92 Å². The highest BCUT2D eigenvalue weighted by atomic mass is 15.2. The Morgan fingerprint density at radius 3 is 3.07 bits per heavy atom. The average Bonchev–Trinajstić information content (AvgIpc) is 2.65. The van der Waals surface area contributed by atoms with Crippen LogP contribution in [0.15, 0.2) is 24.3 Å². The molecule has 0 amide bonds. The van der Waals surface area contributed by atoms with Crippen molar-refractivity contribution in [2.75, 3.05) is 13.1 Å². The number of nitrogens with two attached hydrogens (primary N) is 1. The number of hydrogen-bond acceptors (Lipinski definition) is 2. The van der Waals surface area contributed by atoms with Gasteiger partial charge in [-0.2, -0.15) is 0 Å². The molecule has 1 atom stereocenters. The second kappa shape index (κ2) is 4.77. The molecule has 2 heteroatoms. The van der Waals surface area contributed by atoms with Gasteiger partial charge in [0.05, 0.1) is 0 Å². The van der Waals surface area contributed by atoms with E-state index in [1.807, 2.05) is 0 Å². The van der Waals surface area contributed by atoms with E-state index in [2.05, 4.69) is 36.1 Å². The lowest BCUT2D eigenvalue weighted by atomic mass is 10.1. The van der Waals surface area contributed by atoms with Gasteiger partial charge in [-0.25, -0.2) is 0 Å². The number of benzene rings is 1. The lowest BCUT2D eigenvalue weighted by Crippen LogP contribution is -2.34. The molecule has 0 radical (unpaired) electrons. The van der Waals surface area contributed by atoms with Gasteiger partial charge in [0, 0.05) is 19.1 Å². The lowest BCUT2D eigenvalue weighted by Gasteiger charge is -2.23. The van der Waals surface area contributed by atoms with E-state index < -0.39 is 0 Å². The molecule has 1 aromatic carbocycles. The van der Waals surface area contributed by atoms with Crippen LogP contribution in [0.2, 0.25) is 0 Å². The van der Waals surface area contributed by atoms with Crippen molar-refractivity contribution >= 4 is 0 Å². The van der Waals surface area contributed by atoms with Gasteiger partial charge in [-0.05, 0) is 31.9 Å². The molecule has 1 aromatic rings. The molecule has 0 bridgehead atoms. The summed E-state index contributed by atoms with van der Waals surface area (Å²) < 4.78 is 0. The van der Waals surface area contributed by atoms with Crippen molar-refractivity contribution < 1.29 is 0 Å². The first kappa shape index (κ1) is 10.7. The largest absolute Gasteiger partial charge is 0.329 e. The van der Waals surface area contributed by atoms with E-state index in [0.29, 0.717) is 6.04 Å². The van der Waals surface area contributed by atoms with Crippen LogP contribution in [0.5, 0.6) is 0 Å². The first-order valence-corrected chi connectivity index (χ1v) is 5.79. The number of aryl methyl sites for hydroxylation is 1. The molecular weight excluding hydrogens is 184 g/mol. The monoisotopic (exact) mass is 204 g/mol. The van der Waals surface area contributed by atoms with Crippen LogP contribution in [0.1, 0.15) is 24.0 Å². The molecule has 0 spiro atoms. The fourth-order valence-electron chi connectivity index (χ4n) is 2.42. The highest BCUT2D eigenvalue weighted by Crippen LogP contribution is 2.19. The first-order valence-electron chi connectivity index (χ1n) is 5.79. The molecule has 1 heterocycles. The van der Waals surface area contributed by atoms with Crippen molar-refractivity contribution in [3.63, 3.8) is 0 Å². The van der Waals surface area contributed by atoms with Gasteiger partial charge < -0.3 is 5.73 Å². The molecule has 2 rings (SSSR count). The maximum absolute atomic E-state index is 5.77. The van der Waals surface area contributed by atoms with E-state index >= 15 is 0 Å². The van der Waals surface area contributed by atoms with E-state index in [1.165, 1.54) is 30.5 Å². The smallest absolute Gasteiger partial charge is 0.0237 e. The minimum atomic E-state index is 0.602. The highest BCUT2D eigenvalue weighted by Gasteiger charge is 2.22. The highest BCUT2D eigenvalue weighted by molar-refractivity contribution is 5.22. The molecule has 1 aliphatic heterocycles. The molecule has 1 fully saturated rings. The van der Waals surface area contributed by atoms with E-state index in [4.69, 9.17) is 5.73 Å². The van der Waals surface area contributed by atoms with Gasteiger partial charge in [-0.3, -0.25) is 4.90 Å². The summed E-state index contributed by atoms with van der Waals surface area (Å²) in [4.78, 5) is 2.51. The van der Waals surface area contributed by atoms with Crippen molar-refractivity contribution in [2.24, 2.45) is 5.73 Å². The van der Waals surface area contributed by atoms with Gasteiger partial charge in [-0.1, -0.05) is 29.8 Å². The van der Waals surface area contributed by atoms with Crippen molar-refractivity contribution in [3.05, 3.63) is 35.4 Å². The molecule has 2 nitrogen and oxygen atoms in total. The molecule has 1 saturated heterocycles. The predicted octanol–water partition coefficient (Wildman–Crippen LogP) is 1.92. The van der Waals surface area contributed by atoms with E-state index in [1.54, 1.807) is 0 Å². The van der Waals surface area contributed by atoms with Gasteiger partial charge in [0.1, 0.15) is 0 Å². The Balaban J connectivity index is 2.02. The van der Waals surface area contributed by atoms with E-state index in [9.17, 15) is 0 Å². The van der Waals surface area contributed by atoms with Crippen LogP contribution in [-0.4, -0.2) is 24.0 Å². The molecule has 0 aliphatic carbocycles. The standard InChI is InChI=1S/C13H20N2/c1-11-4-2-5-12(8-11)10-15-7-3-6-13(15)9-14/h2,4-5,8,13H,3,6-7,9-10,14H2,1H3. The molecule has 0 saturated carbocycles. The fraction of sp³-hybridized carbons (Fsp3) is 0.538. The summed E-state index contributed by atoms with van der Waals surface area (Å²) in [6.07, 6.45) is 2.57. The molecule has 15 heavy (non-hydrogen) atoms. The summed E-state index contributed by atoms with van der Waals surface area (Å²) >= 11 is 0. The summed E-state index contributed by atoms with van der Waals surface area (Å²) in [6, 6.07) is 9.36. The summed E-state index contributed by atoms with van der Waals surface area (Å²) in [5, 5.41) is 0. The third-order valence-corrected chi connectivity index (χ3v) is 3.24. The van der Waals surface area contributed by atoms with Gasteiger partial charge in [0.15, 0.2) is 0 Å². The van der Waals surface area contributed by atoms with Crippen molar-refractivity contribution in [2.45, 2.75) is 32.4 Å². The van der Waals surface area contributed by atoms with E-state index in [0.717, 1.165) is 13.1 Å². The maximum Gasteiger partial charge on any atom is 0.0237 e. The Morgan fingerprint density at radius 1 is 1.47 bits per heavy atom. The van der Waals surface area contributed by atoms with Crippen LogP contribution in [-0.2, 0) is 6.54 Å². The quantitative estimate of drug-likeness (QED) is 0.815. The van der Waals surface area contributed by atoms with Crippen LogP contribution in [0.25, 0.3) is 0 Å². The number of nitrogens with zero attached hydrogens (tertiary/aromatic N) is 1. The summed E-state index contributed by atoms with van der Waals surface area (Å²) in [6.45, 7) is 5.21. The number of likely N-dealkylation sites (tertiary alicyclic amines) is 1. The Morgan fingerprint density at radius 2 is 2.33 bits per heavy atom. The van der Waals surface area contributed by atoms with Gasteiger partial charge in [-0.15, -0.1) is 0 Å². The molecule has 1 aliphatic rings. The third kappa shape index (κ3) is 2.58. The Bertz CT molecular complexity index is 322. The normalized spacial score (nSPS) is 22.1. The maximum atomic E-state index is 5.77. The predicted molar refractivity (Wildman–Crippen MR) is 63.7 cm³/mol. The summed E-state index contributed by atoms with van der Waals surface area (Å²) in [5.41, 5.74) is 8.52. The summed E-state index contributed by atoms with van der Waals surface area (Å²) in [7, 11) is 0. The van der Waals surface area contributed by atoms with Crippen molar-refractivity contribution in [1.82, 2.24) is 4.90 Å². The topological polar surface area (TPSA) is 29.3 Å². The lowest BCUT2D eigenvalue weighted by molar-refractivity contribution is 0.250. The van der Waals surface area contributed by atoms with Crippen LogP contribution in [0.3, 0.4) is 0 Å². The zero-order chi connectivity index (χ0) is 10.7. The number of rotatable bonds is 3. The van der Waals surface area contributed by atoms with Crippen LogP contribution in [0.4, 0.5) is 0 Å². The Hall–Kier alpha value is -0.860. The fourth-order valence-corrected chi connectivity index (χ4v) is 2.42. The molecular formula is C13H20N2. The van der Waals surface area contributed by atoms with Gasteiger partial charge in [0.2, 0.25) is 0 Å². The summed E-state index contributed by atoms with van der Waals surface area (Å²) in [5.74, 6) is 0. The Kier molecular flexibility index (Phi) is 3.39. The first-order chi connectivity index (χ1) is 7.29. The SMILES string of the molecule is Cc1cccc(CN2CCCC2CN)c1. The molecule has 0 aromatic heterocycles. The Labute approximate surface area is 92.1 Å². The average molecular weight is 204 g/mol. The third-order valence-electron chi connectivity index (χ3n) is 3.24. The zero-order valence-corrected chi connectivity index (χ0v) is 9.45. The number of hydrogen-bond donors (Lipinski definition) is 1. The minimum Gasteiger partial charge on any atom is -0.329 e.